The molecule has 0 saturated heterocycles. The lowest BCUT2D eigenvalue weighted by atomic mass is 10.1. The van der Waals surface area contributed by atoms with Gasteiger partial charge in [0.25, 0.3) is 5.69 Å². The van der Waals surface area contributed by atoms with Gasteiger partial charge < -0.3 is 20.1 Å². The molecule has 0 radical (unpaired) electrons. The maximum absolute atomic E-state index is 11.5. The van der Waals surface area contributed by atoms with E-state index in [0.29, 0.717) is 5.56 Å². The van der Waals surface area contributed by atoms with E-state index in [4.69, 9.17) is 4.74 Å². The van der Waals surface area contributed by atoms with Crippen LogP contribution in [0.2, 0.25) is 0 Å². The summed E-state index contributed by atoms with van der Waals surface area (Å²) in [5.74, 6) is -1.61. The normalized spacial score (nSPS) is 11.6. The molecule has 0 aliphatic rings. The first-order chi connectivity index (χ1) is 15.0. The van der Waals surface area contributed by atoms with Crippen LogP contribution >= 0.6 is 0 Å². The summed E-state index contributed by atoms with van der Waals surface area (Å²) in [4.78, 5) is 45.5. The van der Waals surface area contributed by atoms with E-state index in [1.807, 2.05) is 0 Å². The topological polar surface area (TPSA) is 165 Å². The van der Waals surface area contributed by atoms with Gasteiger partial charge in [0.1, 0.15) is 11.8 Å². The van der Waals surface area contributed by atoms with Crippen molar-refractivity contribution < 1.29 is 29.3 Å². The number of nitrogens with one attached hydrogen (secondary N) is 1. The van der Waals surface area contributed by atoms with Gasteiger partial charge in [0.15, 0.2) is 0 Å². The van der Waals surface area contributed by atoms with E-state index in [2.05, 4.69) is 5.32 Å². The van der Waals surface area contributed by atoms with Crippen molar-refractivity contribution in [1.29, 1.82) is 0 Å². The Kier molecular flexibility index (Phi) is 7.80. The third-order valence-corrected chi connectivity index (χ3v) is 4.31. The lowest BCUT2D eigenvalue weighted by Crippen LogP contribution is -2.41. The van der Waals surface area contributed by atoms with Gasteiger partial charge in [0.2, 0.25) is 11.7 Å². The SMILES string of the molecule is CC(=O)N[C@@H](Cc1ccc(Oc2cc(CN(C)C)c([N+](=O)[O-])cc2[N+](=O)[O-])cc1)C(=O)O. The first-order valence-corrected chi connectivity index (χ1v) is 9.35. The fourth-order valence-corrected chi connectivity index (χ4v) is 2.96. The van der Waals surface area contributed by atoms with Crippen molar-refractivity contribution in [3.05, 3.63) is 67.8 Å². The zero-order valence-corrected chi connectivity index (χ0v) is 17.6. The number of nitro groups is 2. The van der Waals surface area contributed by atoms with Gasteiger partial charge in [-0.25, -0.2) is 4.79 Å². The molecule has 170 valence electrons. The van der Waals surface area contributed by atoms with E-state index >= 15 is 0 Å². The van der Waals surface area contributed by atoms with Crippen LogP contribution in [0.25, 0.3) is 0 Å². The molecule has 0 saturated carbocycles. The molecule has 2 rings (SSSR count). The Labute approximate surface area is 182 Å². The lowest BCUT2D eigenvalue weighted by molar-refractivity contribution is -0.395. The zero-order valence-electron chi connectivity index (χ0n) is 17.6. The van der Waals surface area contributed by atoms with Crippen molar-refractivity contribution in [2.75, 3.05) is 14.1 Å². The minimum absolute atomic E-state index is 0.0276. The predicted molar refractivity (Wildman–Crippen MR) is 113 cm³/mol. The minimum atomic E-state index is -1.18. The molecular formula is C20H22N4O8. The van der Waals surface area contributed by atoms with Crippen molar-refractivity contribution in [1.82, 2.24) is 10.2 Å². The lowest BCUT2D eigenvalue weighted by Gasteiger charge is -2.14. The quantitative estimate of drug-likeness (QED) is 0.412. The molecule has 0 bridgehead atoms. The third kappa shape index (κ3) is 6.47. The average Bonchev–Trinajstić information content (AvgIpc) is 2.67. The second kappa shape index (κ2) is 10.3. The summed E-state index contributed by atoms with van der Waals surface area (Å²) in [6, 6.07) is 7.12. The van der Waals surface area contributed by atoms with Crippen LogP contribution in [-0.4, -0.2) is 51.9 Å². The van der Waals surface area contributed by atoms with Crippen LogP contribution in [0.15, 0.2) is 36.4 Å². The molecule has 1 atom stereocenters. The van der Waals surface area contributed by atoms with Crippen LogP contribution in [0, 0.1) is 20.2 Å². The van der Waals surface area contributed by atoms with E-state index in [1.165, 1.54) is 25.1 Å². The van der Waals surface area contributed by atoms with Crippen LogP contribution in [0.1, 0.15) is 18.1 Å². The number of aliphatic carboxylic acids is 1. The first kappa shape index (κ1) is 24.2. The Morgan fingerprint density at radius 3 is 2.16 bits per heavy atom. The smallest absolute Gasteiger partial charge is 0.326 e. The second-order valence-corrected chi connectivity index (χ2v) is 7.24. The fraction of sp³-hybridized carbons (Fsp3) is 0.300. The molecule has 2 N–H and O–H groups in total. The maximum atomic E-state index is 11.5. The number of carbonyl (C=O) groups is 2. The summed E-state index contributed by atoms with van der Waals surface area (Å²) in [6.07, 6.45) is 0.0276. The molecule has 0 heterocycles. The number of rotatable bonds is 10. The Morgan fingerprint density at radius 1 is 1.09 bits per heavy atom. The highest BCUT2D eigenvalue weighted by Crippen LogP contribution is 2.37. The molecule has 12 nitrogen and oxygen atoms in total. The van der Waals surface area contributed by atoms with E-state index in [9.17, 15) is 34.9 Å². The van der Waals surface area contributed by atoms with Crippen LogP contribution in [0.5, 0.6) is 11.5 Å². The highest BCUT2D eigenvalue weighted by atomic mass is 16.6. The molecule has 1 amide bonds. The van der Waals surface area contributed by atoms with Crippen molar-refractivity contribution in [3.8, 4) is 11.5 Å². The Balaban J connectivity index is 2.33. The zero-order chi connectivity index (χ0) is 24.0. The molecule has 0 aliphatic carbocycles. The molecule has 32 heavy (non-hydrogen) atoms. The van der Waals surface area contributed by atoms with Gasteiger partial charge >= 0.3 is 11.7 Å². The summed E-state index contributed by atoms with van der Waals surface area (Å²) < 4.78 is 5.63. The van der Waals surface area contributed by atoms with Crippen LogP contribution in [-0.2, 0) is 22.6 Å². The van der Waals surface area contributed by atoms with Crippen molar-refractivity contribution in [3.63, 3.8) is 0 Å². The Hall–Kier alpha value is -4.06. The van der Waals surface area contributed by atoms with E-state index < -0.39 is 33.5 Å². The standard InChI is InChI=1S/C20H22N4O8/c1-12(25)21-16(20(26)27)8-13-4-6-15(7-5-13)32-19-9-14(11-22(2)3)17(23(28)29)10-18(19)24(30)31/h4-7,9-10,16H,8,11H2,1-3H3,(H,21,25)(H,26,27)/t16-/m0/s1. The number of hydrogen-bond acceptors (Lipinski definition) is 8. The van der Waals surface area contributed by atoms with E-state index in [0.717, 1.165) is 6.07 Å². The average molecular weight is 446 g/mol. The summed E-state index contributed by atoms with van der Waals surface area (Å²) in [7, 11) is 3.41. The predicted octanol–water partition coefficient (Wildman–Crippen LogP) is 2.49. The monoisotopic (exact) mass is 446 g/mol. The van der Waals surface area contributed by atoms with Crippen molar-refractivity contribution in [2.24, 2.45) is 0 Å². The first-order valence-electron chi connectivity index (χ1n) is 9.35. The number of nitro benzene ring substituents is 2. The largest absolute Gasteiger partial charge is 0.480 e. The minimum Gasteiger partial charge on any atom is -0.480 e. The van der Waals surface area contributed by atoms with Crippen LogP contribution in [0.3, 0.4) is 0 Å². The van der Waals surface area contributed by atoms with Crippen LogP contribution < -0.4 is 10.1 Å². The molecule has 2 aromatic rings. The summed E-state index contributed by atoms with van der Waals surface area (Å²) in [5, 5.41) is 34.3. The molecule has 12 heteroatoms. The number of carboxylic acids is 1. The number of nitrogens with zero attached hydrogens (tertiary/aromatic N) is 3. The summed E-state index contributed by atoms with van der Waals surface area (Å²) in [5.41, 5.74) is -0.104. The third-order valence-electron chi connectivity index (χ3n) is 4.31. The molecule has 2 aromatic carbocycles. The highest BCUT2D eigenvalue weighted by Gasteiger charge is 2.26. The molecule has 0 aliphatic heterocycles. The van der Waals surface area contributed by atoms with Gasteiger partial charge in [-0.15, -0.1) is 0 Å². The number of benzene rings is 2. The van der Waals surface area contributed by atoms with Gasteiger partial charge in [-0.3, -0.25) is 25.0 Å². The fourth-order valence-electron chi connectivity index (χ4n) is 2.96. The molecule has 0 unspecified atom stereocenters. The molecule has 0 fully saturated rings. The summed E-state index contributed by atoms with van der Waals surface area (Å²) >= 11 is 0. The number of carbonyl (C=O) groups excluding carboxylic acids is 1. The molecule has 0 spiro atoms. The number of carboxylic acid groups (broad SMARTS) is 1. The van der Waals surface area contributed by atoms with Crippen molar-refractivity contribution in [2.45, 2.75) is 25.9 Å². The van der Waals surface area contributed by atoms with Gasteiger partial charge in [-0.05, 0) is 37.9 Å². The van der Waals surface area contributed by atoms with E-state index in [1.54, 1.807) is 31.1 Å². The molecule has 0 aromatic heterocycles. The number of ether oxygens (including phenoxy) is 1. The van der Waals surface area contributed by atoms with Crippen LogP contribution in [0.4, 0.5) is 11.4 Å². The second-order valence-electron chi connectivity index (χ2n) is 7.24. The van der Waals surface area contributed by atoms with E-state index in [-0.39, 0.29) is 35.7 Å². The summed E-state index contributed by atoms with van der Waals surface area (Å²) in [6.45, 7) is 1.39. The van der Waals surface area contributed by atoms with Gasteiger partial charge in [0, 0.05) is 25.5 Å². The van der Waals surface area contributed by atoms with Gasteiger partial charge in [0.05, 0.1) is 15.9 Å². The Bertz CT molecular complexity index is 1040. The molecular weight excluding hydrogens is 424 g/mol. The maximum Gasteiger partial charge on any atom is 0.326 e. The highest BCUT2D eigenvalue weighted by molar-refractivity contribution is 5.82. The number of hydrogen-bond donors (Lipinski definition) is 2. The van der Waals surface area contributed by atoms with Gasteiger partial charge in [-0.2, -0.15) is 0 Å². The van der Waals surface area contributed by atoms with Crippen molar-refractivity contribution >= 4 is 23.3 Å². The van der Waals surface area contributed by atoms with Gasteiger partial charge in [-0.1, -0.05) is 12.1 Å². The Morgan fingerprint density at radius 2 is 1.69 bits per heavy atom. The number of amides is 1.